The molecule has 0 aliphatic carbocycles. The molecule has 2 rings (SSSR count). The SMILES string of the molecule is Cc1ccc(NCC(=O)N2CCCCC2)nc1. The Morgan fingerprint density at radius 1 is 1.35 bits per heavy atom. The molecule has 0 unspecified atom stereocenters. The highest BCUT2D eigenvalue weighted by molar-refractivity contribution is 5.80. The molecule has 4 nitrogen and oxygen atoms in total. The molecule has 2 heterocycles. The molecule has 1 aliphatic rings. The highest BCUT2D eigenvalue weighted by Crippen LogP contribution is 2.09. The quantitative estimate of drug-likeness (QED) is 0.866. The van der Waals surface area contributed by atoms with Crippen LogP contribution in [0.2, 0.25) is 0 Å². The summed E-state index contributed by atoms with van der Waals surface area (Å²) in [5, 5.41) is 3.07. The van der Waals surface area contributed by atoms with Gasteiger partial charge in [-0.25, -0.2) is 4.98 Å². The molecule has 0 aromatic carbocycles. The molecule has 0 saturated carbocycles. The molecular weight excluding hydrogens is 214 g/mol. The van der Waals surface area contributed by atoms with Gasteiger partial charge in [0.25, 0.3) is 0 Å². The summed E-state index contributed by atoms with van der Waals surface area (Å²) in [5.74, 6) is 0.938. The summed E-state index contributed by atoms with van der Waals surface area (Å²) >= 11 is 0. The van der Waals surface area contributed by atoms with E-state index >= 15 is 0 Å². The number of hydrogen-bond donors (Lipinski definition) is 1. The van der Waals surface area contributed by atoms with Crippen molar-refractivity contribution in [3.8, 4) is 0 Å². The first kappa shape index (κ1) is 11.9. The normalized spacial score (nSPS) is 15.7. The summed E-state index contributed by atoms with van der Waals surface area (Å²) < 4.78 is 0. The second-order valence-corrected chi connectivity index (χ2v) is 4.52. The fourth-order valence-electron chi connectivity index (χ4n) is 1.99. The molecule has 0 radical (unpaired) electrons. The van der Waals surface area contributed by atoms with E-state index in [9.17, 15) is 4.79 Å². The van der Waals surface area contributed by atoms with Crippen molar-refractivity contribution in [3.05, 3.63) is 23.9 Å². The molecule has 17 heavy (non-hydrogen) atoms. The number of hydrogen-bond acceptors (Lipinski definition) is 3. The zero-order chi connectivity index (χ0) is 12.1. The van der Waals surface area contributed by atoms with Crippen molar-refractivity contribution in [1.29, 1.82) is 0 Å². The molecule has 1 amide bonds. The van der Waals surface area contributed by atoms with Gasteiger partial charge in [0.05, 0.1) is 6.54 Å². The maximum absolute atomic E-state index is 11.9. The minimum absolute atomic E-state index is 0.173. The van der Waals surface area contributed by atoms with Gasteiger partial charge in [0.1, 0.15) is 5.82 Å². The molecule has 0 bridgehead atoms. The van der Waals surface area contributed by atoms with Crippen LogP contribution in [0.4, 0.5) is 5.82 Å². The van der Waals surface area contributed by atoms with Crippen LogP contribution in [0.5, 0.6) is 0 Å². The van der Waals surface area contributed by atoms with E-state index in [0.29, 0.717) is 6.54 Å². The first-order chi connectivity index (χ1) is 8.25. The first-order valence-corrected chi connectivity index (χ1v) is 6.20. The number of aryl methyl sites for hydroxylation is 1. The van der Waals surface area contributed by atoms with Crippen LogP contribution in [0.1, 0.15) is 24.8 Å². The van der Waals surface area contributed by atoms with Crippen molar-refractivity contribution >= 4 is 11.7 Å². The van der Waals surface area contributed by atoms with Crippen molar-refractivity contribution in [3.63, 3.8) is 0 Å². The van der Waals surface area contributed by atoms with Gasteiger partial charge in [-0.05, 0) is 37.8 Å². The molecule has 92 valence electrons. The predicted molar refractivity (Wildman–Crippen MR) is 67.9 cm³/mol. The van der Waals surface area contributed by atoms with E-state index in [1.807, 2.05) is 24.0 Å². The summed E-state index contributed by atoms with van der Waals surface area (Å²) in [6.45, 7) is 4.15. The molecule has 0 spiro atoms. The van der Waals surface area contributed by atoms with Crippen LogP contribution in [0, 0.1) is 6.92 Å². The van der Waals surface area contributed by atoms with Crippen molar-refractivity contribution in [2.75, 3.05) is 25.0 Å². The number of pyridine rings is 1. The Morgan fingerprint density at radius 3 is 2.76 bits per heavy atom. The van der Waals surface area contributed by atoms with E-state index in [1.165, 1.54) is 6.42 Å². The average molecular weight is 233 g/mol. The number of amides is 1. The zero-order valence-corrected chi connectivity index (χ0v) is 10.3. The van der Waals surface area contributed by atoms with Gasteiger partial charge in [0.15, 0.2) is 0 Å². The number of piperidine rings is 1. The summed E-state index contributed by atoms with van der Waals surface area (Å²) in [6.07, 6.45) is 5.31. The molecule has 4 heteroatoms. The Bertz CT molecular complexity index is 369. The third-order valence-electron chi connectivity index (χ3n) is 3.04. The third kappa shape index (κ3) is 3.44. The van der Waals surface area contributed by atoms with Gasteiger partial charge in [-0.15, -0.1) is 0 Å². The van der Waals surface area contributed by atoms with E-state index in [2.05, 4.69) is 10.3 Å². The Balaban J connectivity index is 1.81. The summed E-state index contributed by atoms with van der Waals surface area (Å²) in [6, 6.07) is 3.89. The first-order valence-electron chi connectivity index (χ1n) is 6.20. The average Bonchev–Trinajstić information content (AvgIpc) is 2.39. The predicted octanol–water partition coefficient (Wildman–Crippen LogP) is 1.81. The van der Waals surface area contributed by atoms with Gasteiger partial charge in [-0.1, -0.05) is 6.07 Å². The van der Waals surface area contributed by atoms with E-state index in [0.717, 1.165) is 37.3 Å². The van der Waals surface area contributed by atoms with Crippen LogP contribution in [-0.4, -0.2) is 35.4 Å². The lowest BCUT2D eigenvalue weighted by molar-refractivity contribution is -0.130. The van der Waals surface area contributed by atoms with E-state index in [-0.39, 0.29) is 5.91 Å². The summed E-state index contributed by atoms with van der Waals surface area (Å²) in [5.41, 5.74) is 1.12. The van der Waals surface area contributed by atoms with Crippen LogP contribution in [-0.2, 0) is 4.79 Å². The van der Waals surface area contributed by atoms with Gasteiger partial charge in [0, 0.05) is 19.3 Å². The topological polar surface area (TPSA) is 45.2 Å². The van der Waals surface area contributed by atoms with Crippen molar-refractivity contribution in [1.82, 2.24) is 9.88 Å². The number of rotatable bonds is 3. The fraction of sp³-hybridized carbons (Fsp3) is 0.538. The van der Waals surface area contributed by atoms with Crippen molar-refractivity contribution in [2.24, 2.45) is 0 Å². The largest absolute Gasteiger partial charge is 0.361 e. The van der Waals surface area contributed by atoms with Gasteiger partial charge in [-0.2, -0.15) is 0 Å². The lowest BCUT2D eigenvalue weighted by Gasteiger charge is -2.26. The molecule has 0 atom stereocenters. The Kier molecular flexibility index (Phi) is 3.96. The van der Waals surface area contributed by atoms with Crippen LogP contribution >= 0.6 is 0 Å². The lowest BCUT2D eigenvalue weighted by Crippen LogP contribution is -2.39. The maximum Gasteiger partial charge on any atom is 0.241 e. The van der Waals surface area contributed by atoms with Gasteiger partial charge < -0.3 is 10.2 Å². The van der Waals surface area contributed by atoms with Crippen LogP contribution in [0.3, 0.4) is 0 Å². The molecule has 1 aromatic heterocycles. The molecular formula is C13H19N3O. The Hall–Kier alpha value is -1.58. The Labute approximate surface area is 102 Å². The zero-order valence-electron chi connectivity index (χ0n) is 10.3. The molecule has 1 saturated heterocycles. The van der Waals surface area contributed by atoms with Crippen LogP contribution < -0.4 is 5.32 Å². The van der Waals surface area contributed by atoms with Crippen LogP contribution in [0.25, 0.3) is 0 Å². The summed E-state index contributed by atoms with van der Waals surface area (Å²) in [7, 11) is 0. The molecule has 1 fully saturated rings. The Morgan fingerprint density at radius 2 is 2.12 bits per heavy atom. The smallest absolute Gasteiger partial charge is 0.241 e. The minimum Gasteiger partial charge on any atom is -0.361 e. The highest BCUT2D eigenvalue weighted by Gasteiger charge is 2.15. The number of carbonyl (C=O) groups excluding carboxylic acids is 1. The summed E-state index contributed by atoms with van der Waals surface area (Å²) in [4.78, 5) is 18.0. The van der Waals surface area contributed by atoms with Gasteiger partial charge >= 0.3 is 0 Å². The highest BCUT2D eigenvalue weighted by atomic mass is 16.2. The van der Waals surface area contributed by atoms with E-state index < -0.39 is 0 Å². The standard InChI is InChI=1S/C13H19N3O/c1-11-5-6-12(14-9-11)15-10-13(17)16-7-3-2-4-8-16/h5-6,9H,2-4,7-8,10H2,1H3,(H,14,15). The van der Waals surface area contributed by atoms with Gasteiger partial charge in [0.2, 0.25) is 5.91 Å². The second-order valence-electron chi connectivity index (χ2n) is 4.52. The third-order valence-corrected chi connectivity index (χ3v) is 3.04. The fourth-order valence-corrected chi connectivity index (χ4v) is 1.99. The molecule has 1 N–H and O–H groups in total. The van der Waals surface area contributed by atoms with Crippen molar-refractivity contribution in [2.45, 2.75) is 26.2 Å². The number of likely N-dealkylation sites (tertiary alicyclic amines) is 1. The number of nitrogens with one attached hydrogen (secondary N) is 1. The van der Waals surface area contributed by atoms with Crippen molar-refractivity contribution < 1.29 is 4.79 Å². The van der Waals surface area contributed by atoms with Gasteiger partial charge in [-0.3, -0.25) is 4.79 Å². The van der Waals surface area contributed by atoms with Crippen LogP contribution in [0.15, 0.2) is 18.3 Å². The number of carbonyl (C=O) groups is 1. The minimum atomic E-state index is 0.173. The van der Waals surface area contributed by atoms with E-state index in [1.54, 1.807) is 6.20 Å². The maximum atomic E-state index is 11.9. The number of anilines is 1. The number of nitrogens with zero attached hydrogens (tertiary/aromatic N) is 2. The molecule has 1 aromatic rings. The lowest BCUT2D eigenvalue weighted by atomic mass is 10.1. The monoisotopic (exact) mass is 233 g/mol. The number of aromatic nitrogens is 1. The second kappa shape index (κ2) is 5.66. The van der Waals surface area contributed by atoms with E-state index in [4.69, 9.17) is 0 Å². The molecule has 1 aliphatic heterocycles.